The topological polar surface area (TPSA) is 50.2 Å². The van der Waals surface area contributed by atoms with Gasteiger partial charge in [0.25, 0.3) is 0 Å². The molecule has 0 bridgehead atoms. The third-order valence-corrected chi connectivity index (χ3v) is 1.31. The van der Waals surface area contributed by atoms with Gasteiger partial charge in [-0.2, -0.15) is 0 Å². The van der Waals surface area contributed by atoms with Crippen LogP contribution in [-0.2, 0) is 0 Å². The molecule has 50 valence electrons. The molecule has 2 heterocycles. The summed E-state index contributed by atoms with van der Waals surface area (Å²) in [7, 11) is 0. The summed E-state index contributed by atoms with van der Waals surface area (Å²) in [6.07, 6.45) is 4.85. The lowest BCUT2D eigenvalue weighted by Crippen LogP contribution is -2.04. The minimum absolute atomic E-state index is 0.0660. The van der Waals surface area contributed by atoms with Crippen LogP contribution in [0, 0.1) is 0 Å². The average molecular weight is 135 g/mol. The Morgan fingerprint density at radius 2 is 2.50 bits per heavy atom. The molecular weight excluding hydrogens is 130 g/mol. The molecule has 2 rings (SSSR count). The number of nitrogens with zero attached hydrogens (tertiary/aromatic N) is 2. The minimum Gasteiger partial charge on any atom is -0.300 e. The fraction of sp³-hybridized carbons (Fsp3) is 0. The number of fused-ring (bicyclic) bond motifs is 1. The van der Waals surface area contributed by atoms with Crippen LogP contribution in [0.15, 0.2) is 29.5 Å². The fourth-order valence-corrected chi connectivity index (χ4v) is 0.858. The van der Waals surface area contributed by atoms with Crippen molar-refractivity contribution in [3.8, 4) is 0 Å². The predicted octanol–water partition coefficient (Wildman–Crippen LogP) is 0.0226. The Morgan fingerprint density at radius 3 is 3.30 bits per heavy atom. The Balaban J connectivity index is 3.09. The Morgan fingerprint density at radius 1 is 1.60 bits per heavy atom. The normalized spacial score (nSPS) is 10.4. The van der Waals surface area contributed by atoms with Gasteiger partial charge in [0.1, 0.15) is 0 Å². The van der Waals surface area contributed by atoms with Crippen LogP contribution in [0.5, 0.6) is 0 Å². The number of imidazole rings is 1. The molecule has 2 aromatic heterocycles. The molecule has 0 aromatic carbocycles. The number of hydrogen-bond acceptors (Lipinski definition) is 2. The van der Waals surface area contributed by atoms with Crippen molar-refractivity contribution in [1.29, 1.82) is 0 Å². The van der Waals surface area contributed by atoms with Crippen LogP contribution in [0.25, 0.3) is 5.65 Å². The van der Waals surface area contributed by atoms with Crippen molar-refractivity contribution in [1.82, 2.24) is 14.6 Å². The van der Waals surface area contributed by atoms with Crippen LogP contribution < -0.4 is 5.43 Å². The summed E-state index contributed by atoms with van der Waals surface area (Å²) in [5.74, 6) is 0. The number of aromatic nitrogens is 3. The molecule has 0 amide bonds. The maximum absolute atomic E-state index is 10.9. The summed E-state index contributed by atoms with van der Waals surface area (Å²) in [6.45, 7) is 0. The van der Waals surface area contributed by atoms with Crippen molar-refractivity contribution < 1.29 is 0 Å². The van der Waals surface area contributed by atoms with Gasteiger partial charge in [0.05, 0.1) is 0 Å². The molecule has 4 heteroatoms. The molecule has 0 saturated carbocycles. The summed E-state index contributed by atoms with van der Waals surface area (Å²) < 4.78 is 1.57. The number of rotatable bonds is 0. The van der Waals surface area contributed by atoms with E-state index in [9.17, 15) is 4.79 Å². The van der Waals surface area contributed by atoms with Gasteiger partial charge in [0.15, 0.2) is 5.65 Å². The summed E-state index contributed by atoms with van der Waals surface area (Å²) in [5.41, 5.74) is 0.367. The third-order valence-electron chi connectivity index (χ3n) is 1.31. The largest absolute Gasteiger partial charge is 0.300 e. The Hall–Kier alpha value is -1.58. The van der Waals surface area contributed by atoms with E-state index in [2.05, 4.69) is 10.1 Å². The smallest absolute Gasteiger partial charge is 0.224 e. The Bertz CT molecular complexity index is 400. The standard InChI is InChI=1S/C6H5N3O/c10-5-1-2-8-9-4-3-7-6(5)9/h1-4,8H. The molecular formula is C6H5N3O. The first kappa shape index (κ1) is 5.22. The van der Waals surface area contributed by atoms with E-state index >= 15 is 0 Å². The maximum atomic E-state index is 10.9. The van der Waals surface area contributed by atoms with Crippen LogP contribution in [0.3, 0.4) is 0 Å². The highest BCUT2D eigenvalue weighted by Gasteiger charge is 1.94. The van der Waals surface area contributed by atoms with Gasteiger partial charge >= 0.3 is 0 Å². The van der Waals surface area contributed by atoms with Crippen LogP contribution in [0.2, 0.25) is 0 Å². The molecule has 0 aliphatic rings. The summed E-state index contributed by atoms with van der Waals surface area (Å²) in [5, 5.41) is 2.83. The second-order valence-electron chi connectivity index (χ2n) is 1.95. The lowest BCUT2D eigenvalue weighted by atomic mass is 10.5. The number of nitrogens with one attached hydrogen (secondary N) is 1. The first-order valence-electron chi connectivity index (χ1n) is 2.89. The van der Waals surface area contributed by atoms with Gasteiger partial charge in [0.2, 0.25) is 5.43 Å². The van der Waals surface area contributed by atoms with E-state index < -0.39 is 0 Å². The number of hydrogen-bond donors (Lipinski definition) is 1. The SMILES string of the molecule is O=c1cc[nH]n2ccnc12. The van der Waals surface area contributed by atoms with E-state index in [-0.39, 0.29) is 5.43 Å². The summed E-state index contributed by atoms with van der Waals surface area (Å²) in [6, 6.07) is 1.45. The second kappa shape index (κ2) is 1.70. The molecule has 0 aliphatic carbocycles. The molecule has 0 saturated heterocycles. The lowest BCUT2D eigenvalue weighted by Gasteiger charge is -1.88. The first-order valence-corrected chi connectivity index (χ1v) is 2.89. The van der Waals surface area contributed by atoms with Crippen LogP contribution in [0.4, 0.5) is 0 Å². The molecule has 0 unspecified atom stereocenters. The van der Waals surface area contributed by atoms with Gasteiger partial charge in [-0.1, -0.05) is 0 Å². The highest BCUT2D eigenvalue weighted by molar-refractivity contribution is 5.34. The van der Waals surface area contributed by atoms with E-state index in [0.717, 1.165) is 0 Å². The van der Waals surface area contributed by atoms with E-state index in [1.807, 2.05) is 0 Å². The zero-order chi connectivity index (χ0) is 6.97. The first-order chi connectivity index (χ1) is 4.88. The predicted molar refractivity (Wildman–Crippen MR) is 35.8 cm³/mol. The maximum Gasteiger partial charge on any atom is 0.224 e. The van der Waals surface area contributed by atoms with Gasteiger partial charge in [-0.25, -0.2) is 9.50 Å². The molecule has 0 spiro atoms. The van der Waals surface area contributed by atoms with Crippen molar-refractivity contribution in [2.45, 2.75) is 0 Å². The van der Waals surface area contributed by atoms with Crippen molar-refractivity contribution in [2.24, 2.45) is 0 Å². The van der Waals surface area contributed by atoms with Crippen molar-refractivity contribution in [2.75, 3.05) is 0 Å². The van der Waals surface area contributed by atoms with E-state index in [1.54, 1.807) is 23.1 Å². The van der Waals surface area contributed by atoms with Crippen molar-refractivity contribution in [3.05, 3.63) is 34.9 Å². The number of H-pyrrole nitrogens is 1. The van der Waals surface area contributed by atoms with Crippen LogP contribution >= 0.6 is 0 Å². The van der Waals surface area contributed by atoms with Gasteiger partial charge in [-0.15, -0.1) is 0 Å². The van der Waals surface area contributed by atoms with Gasteiger partial charge < -0.3 is 0 Å². The quantitative estimate of drug-likeness (QED) is 0.553. The van der Waals surface area contributed by atoms with E-state index in [4.69, 9.17) is 0 Å². The fourth-order valence-electron chi connectivity index (χ4n) is 0.858. The lowest BCUT2D eigenvalue weighted by molar-refractivity contribution is 0.929. The Labute approximate surface area is 56.1 Å². The molecule has 0 fully saturated rings. The van der Waals surface area contributed by atoms with E-state index in [0.29, 0.717) is 5.65 Å². The summed E-state index contributed by atoms with van der Waals surface area (Å²) in [4.78, 5) is 14.8. The molecule has 2 aromatic rings. The zero-order valence-electron chi connectivity index (χ0n) is 5.11. The summed E-state index contributed by atoms with van der Waals surface area (Å²) >= 11 is 0. The molecule has 0 radical (unpaired) electrons. The average Bonchev–Trinajstić information content (AvgIpc) is 2.36. The molecule has 0 aliphatic heterocycles. The zero-order valence-corrected chi connectivity index (χ0v) is 5.11. The molecule has 0 atom stereocenters. The highest BCUT2D eigenvalue weighted by atomic mass is 16.1. The van der Waals surface area contributed by atoms with Gasteiger partial charge in [0, 0.05) is 24.7 Å². The third kappa shape index (κ3) is 0.556. The van der Waals surface area contributed by atoms with Crippen LogP contribution in [0.1, 0.15) is 0 Å². The molecule has 10 heavy (non-hydrogen) atoms. The molecule has 1 N–H and O–H groups in total. The second-order valence-corrected chi connectivity index (χ2v) is 1.95. The van der Waals surface area contributed by atoms with Crippen molar-refractivity contribution >= 4 is 5.65 Å². The van der Waals surface area contributed by atoms with Gasteiger partial charge in [-0.05, 0) is 0 Å². The number of aromatic amines is 1. The Kier molecular flexibility index (Phi) is 0.887. The molecule has 4 nitrogen and oxygen atoms in total. The minimum atomic E-state index is -0.0660. The monoisotopic (exact) mass is 135 g/mol. The van der Waals surface area contributed by atoms with Gasteiger partial charge in [-0.3, -0.25) is 9.89 Å². The van der Waals surface area contributed by atoms with Crippen molar-refractivity contribution in [3.63, 3.8) is 0 Å². The van der Waals surface area contributed by atoms with E-state index in [1.165, 1.54) is 6.07 Å². The van der Waals surface area contributed by atoms with Crippen LogP contribution in [-0.4, -0.2) is 14.6 Å². The highest BCUT2D eigenvalue weighted by Crippen LogP contribution is 1.86.